The number of carbonyl (C=O) groups is 1. The number of nitrogens with two attached hydrogens (primary N) is 1. The van der Waals surface area contributed by atoms with E-state index in [4.69, 9.17) is 17.3 Å². The zero-order chi connectivity index (χ0) is 12.8. The number of rotatable bonds is 5. The summed E-state index contributed by atoms with van der Waals surface area (Å²) in [5, 5.41) is 3.23. The molecule has 17 heavy (non-hydrogen) atoms. The zero-order valence-electron chi connectivity index (χ0n) is 10.00. The molecule has 0 aliphatic heterocycles. The minimum absolute atomic E-state index is 0.132. The molecule has 0 radical (unpaired) electrons. The Kier molecular flexibility index (Phi) is 5.65. The summed E-state index contributed by atoms with van der Waals surface area (Å²) in [7, 11) is 0. The second kappa shape index (κ2) is 6.77. The second-order valence-corrected chi connectivity index (χ2v) is 5.23. The smallest absolute Gasteiger partial charge is 0.253 e. The Morgan fingerprint density at radius 3 is 2.94 bits per heavy atom. The van der Waals surface area contributed by atoms with Crippen molar-refractivity contribution in [3.8, 4) is 0 Å². The highest BCUT2D eigenvalue weighted by atomic mass is 35.5. The fourth-order valence-corrected chi connectivity index (χ4v) is 2.19. The van der Waals surface area contributed by atoms with Gasteiger partial charge in [0.05, 0.1) is 16.3 Å². The number of halogens is 1. The van der Waals surface area contributed by atoms with Crippen LogP contribution >= 0.6 is 23.4 Å². The molecule has 1 amide bonds. The Morgan fingerprint density at radius 1 is 1.59 bits per heavy atom. The first-order chi connectivity index (χ1) is 8.06. The van der Waals surface area contributed by atoms with Crippen LogP contribution in [0, 0.1) is 0 Å². The molecule has 0 saturated carbocycles. The van der Waals surface area contributed by atoms with Crippen LogP contribution in [0.2, 0.25) is 5.02 Å². The molecule has 1 unspecified atom stereocenters. The molecule has 0 aliphatic carbocycles. The molecule has 0 bridgehead atoms. The number of nitrogen functional groups attached to an aromatic ring is 1. The van der Waals surface area contributed by atoms with Crippen LogP contribution in [0.15, 0.2) is 18.2 Å². The van der Waals surface area contributed by atoms with E-state index < -0.39 is 0 Å². The van der Waals surface area contributed by atoms with Crippen LogP contribution in [0.1, 0.15) is 23.7 Å². The van der Waals surface area contributed by atoms with Gasteiger partial charge in [0, 0.05) is 6.04 Å². The summed E-state index contributed by atoms with van der Waals surface area (Å²) < 4.78 is 0. The predicted octanol–water partition coefficient (Wildman–Crippen LogP) is 2.79. The number of thioether (sulfide) groups is 1. The summed E-state index contributed by atoms with van der Waals surface area (Å²) in [6.07, 6.45) is 2.98. The summed E-state index contributed by atoms with van der Waals surface area (Å²) in [6, 6.07) is 5.21. The maximum absolute atomic E-state index is 11.9. The number of hydrogen-bond donors (Lipinski definition) is 2. The monoisotopic (exact) mass is 272 g/mol. The first-order valence-electron chi connectivity index (χ1n) is 5.40. The molecule has 0 aliphatic rings. The molecule has 0 fully saturated rings. The third-order valence-electron chi connectivity index (χ3n) is 2.41. The lowest BCUT2D eigenvalue weighted by Crippen LogP contribution is -2.33. The van der Waals surface area contributed by atoms with Crippen molar-refractivity contribution in [2.24, 2.45) is 0 Å². The maximum Gasteiger partial charge on any atom is 0.253 e. The highest BCUT2D eigenvalue weighted by Gasteiger charge is 2.14. The van der Waals surface area contributed by atoms with Gasteiger partial charge < -0.3 is 11.1 Å². The Labute approximate surface area is 111 Å². The lowest BCUT2D eigenvalue weighted by Gasteiger charge is -2.14. The van der Waals surface area contributed by atoms with Crippen LogP contribution in [0.4, 0.5) is 5.69 Å². The second-order valence-electron chi connectivity index (χ2n) is 3.86. The molecular formula is C12H17ClN2OS. The lowest BCUT2D eigenvalue weighted by molar-refractivity contribution is 0.0939. The van der Waals surface area contributed by atoms with Gasteiger partial charge in [-0.1, -0.05) is 17.7 Å². The summed E-state index contributed by atoms with van der Waals surface area (Å²) in [5.41, 5.74) is 6.51. The Bertz CT molecular complexity index is 398. The highest BCUT2D eigenvalue weighted by molar-refractivity contribution is 7.98. The minimum atomic E-state index is -0.170. The fourth-order valence-electron chi connectivity index (χ4n) is 1.39. The van der Waals surface area contributed by atoms with Gasteiger partial charge >= 0.3 is 0 Å². The lowest BCUT2D eigenvalue weighted by atomic mass is 10.1. The van der Waals surface area contributed by atoms with Gasteiger partial charge in [-0.3, -0.25) is 4.79 Å². The van der Waals surface area contributed by atoms with Crippen molar-refractivity contribution in [1.82, 2.24) is 5.32 Å². The van der Waals surface area contributed by atoms with Crippen LogP contribution in [0.25, 0.3) is 0 Å². The molecule has 5 heteroatoms. The Balaban J connectivity index is 2.67. The van der Waals surface area contributed by atoms with Crippen molar-refractivity contribution in [3.05, 3.63) is 28.8 Å². The molecule has 3 nitrogen and oxygen atoms in total. The standard InChI is InChI=1S/C12H17ClN2OS/c1-8(6-7-17-2)15-12(16)9-4-3-5-10(14)11(9)13/h3-5,8H,6-7,14H2,1-2H3,(H,15,16). The van der Waals surface area contributed by atoms with Crippen molar-refractivity contribution < 1.29 is 4.79 Å². The van der Waals surface area contributed by atoms with Crippen molar-refractivity contribution in [2.75, 3.05) is 17.7 Å². The topological polar surface area (TPSA) is 55.1 Å². The van der Waals surface area contributed by atoms with Crippen molar-refractivity contribution >= 4 is 35.0 Å². The van der Waals surface area contributed by atoms with E-state index in [1.807, 2.05) is 13.2 Å². The Morgan fingerprint density at radius 2 is 2.29 bits per heavy atom. The SMILES string of the molecule is CSCCC(C)NC(=O)c1cccc(N)c1Cl. The summed E-state index contributed by atoms with van der Waals surface area (Å²) in [6.45, 7) is 1.98. The van der Waals surface area contributed by atoms with Gasteiger partial charge in [0.25, 0.3) is 5.91 Å². The molecule has 1 aromatic carbocycles. The van der Waals surface area contributed by atoms with E-state index in [0.717, 1.165) is 12.2 Å². The molecule has 3 N–H and O–H groups in total. The fraction of sp³-hybridized carbons (Fsp3) is 0.417. The van der Waals surface area contributed by atoms with Crippen molar-refractivity contribution in [2.45, 2.75) is 19.4 Å². The van der Waals surface area contributed by atoms with Crippen LogP contribution in [-0.2, 0) is 0 Å². The number of benzene rings is 1. The molecular weight excluding hydrogens is 256 g/mol. The largest absolute Gasteiger partial charge is 0.398 e. The average Bonchev–Trinajstić information content (AvgIpc) is 2.29. The van der Waals surface area contributed by atoms with Gasteiger partial charge in [-0.15, -0.1) is 0 Å². The molecule has 1 aromatic rings. The number of carbonyl (C=O) groups excluding carboxylic acids is 1. The number of amides is 1. The van der Waals surface area contributed by atoms with Crippen molar-refractivity contribution in [1.29, 1.82) is 0 Å². The first kappa shape index (κ1) is 14.2. The number of nitrogens with one attached hydrogen (secondary N) is 1. The number of hydrogen-bond acceptors (Lipinski definition) is 3. The summed E-state index contributed by atoms with van der Waals surface area (Å²) in [5.74, 6) is 0.849. The van der Waals surface area contributed by atoms with E-state index in [0.29, 0.717) is 16.3 Å². The first-order valence-corrected chi connectivity index (χ1v) is 7.17. The van der Waals surface area contributed by atoms with Gasteiger partial charge in [0.1, 0.15) is 0 Å². The van der Waals surface area contributed by atoms with E-state index in [9.17, 15) is 4.79 Å². The van der Waals surface area contributed by atoms with E-state index in [1.165, 1.54) is 0 Å². The third-order valence-corrected chi connectivity index (χ3v) is 3.47. The van der Waals surface area contributed by atoms with Crippen LogP contribution in [-0.4, -0.2) is 24.0 Å². The van der Waals surface area contributed by atoms with E-state index in [2.05, 4.69) is 5.32 Å². The van der Waals surface area contributed by atoms with Crippen LogP contribution in [0.5, 0.6) is 0 Å². The summed E-state index contributed by atoms with van der Waals surface area (Å²) >= 11 is 7.75. The quantitative estimate of drug-likeness (QED) is 0.811. The zero-order valence-corrected chi connectivity index (χ0v) is 11.6. The molecule has 0 heterocycles. The van der Waals surface area contributed by atoms with Gasteiger partial charge in [-0.05, 0) is 37.5 Å². The third kappa shape index (κ3) is 4.13. The normalized spacial score (nSPS) is 12.2. The molecule has 0 saturated heterocycles. The van der Waals surface area contributed by atoms with Crippen molar-refractivity contribution in [3.63, 3.8) is 0 Å². The van der Waals surface area contributed by atoms with E-state index in [-0.39, 0.29) is 11.9 Å². The van der Waals surface area contributed by atoms with Gasteiger partial charge in [-0.2, -0.15) is 11.8 Å². The Hall–Kier alpha value is -0.870. The number of anilines is 1. The molecule has 1 atom stereocenters. The van der Waals surface area contributed by atoms with E-state index in [1.54, 1.807) is 30.0 Å². The highest BCUT2D eigenvalue weighted by Crippen LogP contribution is 2.22. The predicted molar refractivity (Wildman–Crippen MR) is 75.8 cm³/mol. The van der Waals surface area contributed by atoms with Crippen LogP contribution in [0.3, 0.4) is 0 Å². The molecule has 0 spiro atoms. The summed E-state index contributed by atoms with van der Waals surface area (Å²) in [4.78, 5) is 11.9. The average molecular weight is 273 g/mol. The van der Waals surface area contributed by atoms with E-state index >= 15 is 0 Å². The maximum atomic E-state index is 11.9. The minimum Gasteiger partial charge on any atom is -0.398 e. The molecule has 0 aromatic heterocycles. The molecule has 1 rings (SSSR count). The van der Waals surface area contributed by atoms with Crippen LogP contribution < -0.4 is 11.1 Å². The van der Waals surface area contributed by atoms with Gasteiger partial charge in [-0.25, -0.2) is 0 Å². The van der Waals surface area contributed by atoms with Gasteiger partial charge in [0.15, 0.2) is 0 Å². The molecule has 94 valence electrons. The van der Waals surface area contributed by atoms with Gasteiger partial charge in [0.2, 0.25) is 0 Å².